The van der Waals surface area contributed by atoms with Crippen molar-refractivity contribution in [1.82, 2.24) is 4.72 Å². The van der Waals surface area contributed by atoms with Gasteiger partial charge in [0.25, 0.3) is 0 Å². The molecule has 1 rings (SSSR count). The number of para-hydroxylation sites is 1. The number of anilines is 1. The molecule has 0 heterocycles. The van der Waals surface area contributed by atoms with Gasteiger partial charge in [-0.1, -0.05) is 12.1 Å². The smallest absolute Gasteiger partial charge is 0.242 e. The Hall–Kier alpha value is -1.51. The number of terminal acetylenes is 1. The van der Waals surface area contributed by atoms with Crippen LogP contribution < -0.4 is 10.0 Å². The van der Waals surface area contributed by atoms with Gasteiger partial charge in [0.15, 0.2) is 0 Å². The van der Waals surface area contributed by atoms with Gasteiger partial charge in [-0.2, -0.15) is 0 Å². The summed E-state index contributed by atoms with van der Waals surface area (Å²) in [6.45, 7) is 4.30. The summed E-state index contributed by atoms with van der Waals surface area (Å²) in [6, 6.07) is 6.78. The molecule has 0 aliphatic carbocycles. The largest absolute Gasteiger partial charge is 0.384 e. The second kappa shape index (κ2) is 7.93. The van der Waals surface area contributed by atoms with Crippen LogP contribution in [0.3, 0.4) is 0 Å². The Morgan fingerprint density at radius 2 is 1.95 bits per heavy atom. The normalized spacial score (nSPS) is 11.3. The van der Waals surface area contributed by atoms with Gasteiger partial charge in [-0.3, -0.25) is 0 Å². The zero-order valence-corrected chi connectivity index (χ0v) is 12.8. The first-order valence-electron chi connectivity index (χ1n) is 6.76. The lowest BCUT2D eigenvalue weighted by Crippen LogP contribution is -2.30. The van der Waals surface area contributed by atoms with Crippen molar-refractivity contribution in [3.63, 3.8) is 0 Å². The molecule has 0 radical (unpaired) electrons. The molecule has 2 N–H and O–H groups in total. The van der Waals surface area contributed by atoms with E-state index < -0.39 is 10.0 Å². The van der Waals surface area contributed by atoms with Gasteiger partial charge in [0.05, 0.1) is 5.69 Å². The van der Waals surface area contributed by atoms with Crippen LogP contribution in [0, 0.1) is 12.3 Å². The number of hydrogen-bond acceptors (Lipinski definition) is 3. The molecular formula is C15H22N2O2S. The summed E-state index contributed by atoms with van der Waals surface area (Å²) in [5, 5.41) is 3.16. The Morgan fingerprint density at radius 3 is 2.60 bits per heavy atom. The van der Waals surface area contributed by atoms with E-state index in [1.807, 2.05) is 6.07 Å². The van der Waals surface area contributed by atoms with Gasteiger partial charge in [0.1, 0.15) is 4.90 Å². The van der Waals surface area contributed by atoms with Gasteiger partial charge in [-0.15, -0.1) is 12.3 Å². The summed E-state index contributed by atoms with van der Waals surface area (Å²) >= 11 is 0. The molecule has 1 aromatic carbocycles. The SMILES string of the molecule is C#CCCCCNc1ccccc1S(=O)(=O)NC(C)C. The van der Waals surface area contributed by atoms with E-state index in [2.05, 4.69) is 16.0 Å². The molecule has 0 aliphatic heterocycles. The van der Waals surface area contributed by atoms with E-state index in [-0.39, 0.29) is 10.9 Å². The van der Waals surface area contributed by atoms with Gasteiger partial charge < -0.3 is 5.32 Å². The molecule has 0 bridgehead atoms. The fourth-order valence-electron chi connectivity index (χ4n) is 1.80. The third kappa shape index (κ3) is 5.24. The average Bonchev–Trinajstić information content (AvgIpc) is 2.37. The molecule has 0 aromatic heterocycles. The molecule has 0 unspecified atom stereocenters. The van der Waals surface area contributed by atoms with Crippen molar-refractivity contribution in [2.45, 2.75) is 44.0 Å². The molecule has 0 spiro atoms. The van der Waals surface area contributed by atoms with Crippen molar-refractivity contribution in [2.75, 3.05) is 11.9 Å². The third-order valence-corrected chi connectivity index (χ3v) is 4.35. The highest BCUT2D eigenvalue weighted by Gasteiger charge is 2.18. The second-order valence-electron chi connectivity index (χ2n) is 4.86. The van der Waals surface area contributed by atoms with E-state index in [1.54, 1.807) is 32.0 Å². The van der Waals surface area contributed by atoms with Crippen LogP contribution >= 0.6 is 0 Å². The van der Waals surface area contributed by atoms with Crippen molar-refractivity contribution in [1.29, 1.82) is 0 Å². The van der Waals surface area contributed by atoms with Crippen LogP contribution in [0.25, 0.3) is 0 Å². The fraction of sp³-hybridized carbons (Fsp3) is 0.467. The van der Waals surface area contributed by atoms with Crippen molar-refractivity contribution in [3.8, 4) is 12.3 Å². The van der Waals surface area contributed by atoms with Crippen LogP contribution in [0.1, 0.15) is 33.1 Å². The van der Waals surface area contributed by atoms with Crippen LogP contribution in [-0.4, -0.2) is 21.0 Å². The molecule has 0 aliphatic rings. The van der Waals surface area contributed by atoms with Gasteiger partial charge in [0.2, 0.25) is 10.0 Å². The molecule has 0 amide bonds. The summed E-state index contributed by atoms with van der Waals surface area (Å²) in [4.78, 5) is 0.283. The standard InChI is InChI=1S/C15H22N2O2S/c1-4-5-6-9-12-16-14-10-7-8-11-15(14)20(18,19)17-13(2)3/h1,7-8,10-11,13,16-17H,5-6,9,12H2,2-3H3. The lowest BCUT2D eigenvalue weighted by molar-refractivity contribution is 0.570. The first-order chi connectivity index (χ1) is 9.47. The Balaban J connectivity index is 2.76. The van der Waals surface area contributed by atoms with Gasteiger partial charge in [-0.05, 0) is 38.8 Å². The highest BCUT2D eigenvalue weighted by molar-refractivity contribution is 7.89. The maximum absolute atomic E-state index is 12.2. The van der Waals surface area contributed by atoms with Gasteiger partial charge in [0, 0.05) is 19.0 Å². The minimum atomic E-state index is -3.48. The first-order valence-corrected chi connectivity index (χ1v) is 8.24. The molecule has 0 atom stereocenters. The molecule has 5 heteroatoms. The van der Waals surface area contributed by atoms with E-state index in [0.717, 1.165) is 19.3 Å². The van der Waals surface area contributed by atoms with E-state index in [9.17, 15) is 8.42 Å². The molecule has 1 aromatic rings. The molecule has 0 saturated carbocycles. The maximum atomic E-state index is 12.2. The summed E-state index contributed by atoms with van der Waals surface area (Å²) in [5.41, 5.74) is 0.626. The Kier molecular flexibility index (Phi) is 6.56. The Labute approximate surface area is 122 Å². The average molecular weight is 294 g/mol. The summed E-state index contributed by atoms with van der Waals surface area (Å²) in [6.07, 6.45) is 7.78. The first kappa shape index (κ1) is 16.5. The van der Waals surface area contributed by atoms with Gasteiger partial charge in [-0.25, -0.2) is 13.1 Å². The van der Waals surface area contributed by atoms with E-state index in [0.29, 0.717) is 12.2 Å². The second-order valence-corrected chi connectivity index (χ2v) is 6.54. The topological polar surface area (TPSA) is 58.2 Å². The number of rotatable bonds is 8. The number of unbranched alkanes of at least 4 members (excludes halogenated alkanes) is 2. The zero-order chi connectivity index (χ0) is 15.0. The molecular weight excluding hydrogens is 272 g/mol. The third-order valence-electron chi connectivity index (χ3n) is 2.63. The van der Waals surface area contributed by atoms with E-state index in [4.69, 9.17) is 6.42 Å². The molecule has 4 nitrogen and oxygen atoms in total. The molecule has 0 fully saturated rings. The minimum Gasteiger partial charge on any atom is -0.384 e. The number of sulfonamides is 1. The van der Waals surface area contributed by atoms with Crippen LogP contribution in [0.5, 0.6) is 0 Å². The minimum absolute atomic E-state index is 0.135. The number of benzene rings is 1. The summed E-state index contributed by atoms with van der Waals surface area (Å²) < 4.78 is 27.0. The Morgan fingerprint density at radius 1 is 1.25 bits per heavy atom. The van der Waals surface area contributed by atoms with Gasteiger partial charge >= 0.3 is 0 Å². The lowest BCUT2D eigenvalue weighted by atomic mass is 10.2. The quantitative estimate of drug-likeness (QED) is 0.572. The van der Waals surface area contributed by atoms with Crippen molar-refractivity contribution in [2.24, 2.45) is 0 Å². The van der Waals surface area contributed by atoms with Crippen LogP contribution in [-0.2, 0) is 10.0 Å². The lowest BCUT2D eigenvalue weighted by Gasteiger charge is -2.14. The Bertz CT molecular complexity index is 559. The molecule has 0 saturated heterocycles. The predicted molar refractivity (Wildman–Crippen MR) is 83.1 cm³/mol. The maximum Gasteiger partial charge on any atom is 0.242 e. The van der Waals surface area contributed by atoms with E-state index in [1.165, 1.54) is 0 Å². The summed E-state index contributed by atoms with van der Waals surface area (Å²) in [5.74, 6) is 2.59. The summed E-state index contributed by atoms with van der Waals surface area (Å²) in [7, 11) is -3.48. The molecule has 110 valence electrons. The number of nitrogens with one attached hydrogen (secondary N) is 2. The molecule has 20 heavy (non-hydrogen) atoms. The van der Waals surface area contributed by atoms with Crippen molar-refractivity contribution >= 4 is 15.7 Å². The number of hydrogen-bond donors (Lipinski definition) is 2. The highest BCUT2D eigenvalue weighted by atomic mass is 32.2. The fourth-order valence-corrected chi connectivity index (χ4v) is 3.23. The van der Waals surface area contributed by atoms with Crippen LogP contribution in [0.4, 0.5) is 5.69 Å². The monoisotopic (exact) mass is 294 g/mol. The van der Waals surface area contributed by atoms with E-state index >= 15 is 0 Å². The highest BCUT2D eigenvalue weighted by Crippen LogP contribution is 2.21. The van der Waals surface area contributed by atoms with Crippen molar-refractivity contribution < 1.29 is 8.42 Å². The van der Waals surface area contributed by atoms with Crippen LogP contribution in [0.2, 0.25) is 0 Å². The predicted octanol–water partition coefficient (Wildman–Crippen LogP) is 2.59. The van der Waals surface area contributed by atoms with Crippen molar-refractivity contribution in [3.05, 3.63) is 24.3 Å². The zero-order valence-electron chi connectivity index (χ0n) is 12.0. The van der Waals surface area contributed by atoms with Crippen LogP contribution in [0.15, 0.2) is 29.2 Å².